The van der Waals surface area contributed by atoms with Gasteiger partial charge in [-0.25, -0.2) is 13.1 Å². The van der Waals surface area contributed by atoms with Crippen molar-refractivity contribution in [3.63, 3.8) is 0 Å². The number of nitrogens with one attached hydrogen (secondary N) is 1. The van der Waals surface area contributed by atoms with E-state index >= 15 is 0 Å². The number of hydrogen-bond acceptors (Lipinski definition) is 4. The molecule has 1 aliphatic heterocycles. The second kappa shape index (κ2) is 6.11. The number of benzene rings is 2. The molecule has 2 atom stereocenters. The van der Waals surface area contributed by atoms with Crippen LogP contribution in [0.25, 0.3) is 0 Å². The predicted molar refractivity (Wildman–Crippen MR) is 90.0 cm³/mol. The van der Waals surface area contributed by atoms with Gasteiger partial charge in [0.15, 0.2) is 11.5 Å². The number of ether oxygens (including phenoxy) is 2. The molecule has 4 rings (SSSR count). The summed E-state index contributed by atoms with van der Waals surface area (Å²) >= 11 is 0. The molecule has 1 heterocycles. The second-order valence-corrected chi connectivity index (χ2v) is 7.85. The molecule has 6 heteroatoms. The third kappa shape index (κ3) is 3.12. The largest absolute Gasteiger partial charge is 0.490 e. The normalized spacial score (nSPS) is 22.7. The third-order valence-corrected chi connectivity index (χ3v) is 5.84. The SMILES string of the molecule is O=S(=O)(N[C@@H]1C[C@H]1c1ccccc1)c1ccc2c(c1)OCCCO2. The average Bonchev–Trinajstić information content (AvgIpc) is 3.37. The lowest BCUT2D eigenvalue weighted by atomic mass is 10.1. The van der Waals surface area contributed by atoms with Crippen molar-refractivity contribution in [2.24, 2.45) is 0 Å². The number of fused-ring (bicyclic) bond motifs is 1. The van der Waals surface area contributed by atoms with E-state index in [2.05, 4.69) is 4.72 Å². The minimum Gasteiger partial charge on any atom is -0.490 e. The van der Waals surface area contributed by atoms with Gasteiger partial charge in [-0.15, -0.1) is 0 Å². The van der Waals surface area contributed by atoms with Crippen LogP contribution in [0.1, 0.15) is 24.3 Å². The Hall–Kier alpha value is -2.05. The van der Waals surface area contributed by atoms with Gasteiger partial charge in [0.25, 0.3) is 0 Å². The first-order chi connectivity index (χ1) is 11.6. The highest BCUT2D eigenvalue weighted by Crippen LogP contribution is 2.41. The second-order valence-electron chi connectivity index (χ2n) is 6.14. The molecule has 0 spiro atoms. The van der Waals surface area contributed by atoms with Gasteiger partial charge in [-0.3, -0.25) is 0 Å². The monoisotopic (exact) mass is 345 g/mol. The summed E-state index contributed by atoms with van der Waals surface area (Å²) < 4.78 is 39.2. The molecule has 1 aliphatic carbocycles. The van der Waals surface area contributed by atoms with E-state index in [0.29, 0.717) is 24.7 Å². The van der Waals surface area contributed by atoms with E-state index in [1.54, 1.807) is 18.2 Å². The molecule has 0 radical (unpaired) electrons. The van der Waals surface area contributed by atoms with E-state index in [0.717, 1.165) is 12.8 Å². The van der Waals surface area contributed by atoms with Crippen LogP contribution >= 0.6 is 0 Å². The number of hydrogen-bond donors (Lipinski definition) is 1. The molecule has 0 amide bonds. The van der Waals surface area contributed by atoms with Crippen LogP contribution in [0, 0.1) is 0 Å². The summed E-state index contributed by atoms with van der Waals surface area (Å²) in [4.78, 5) is 0.213. The Labute approximate surface area is 141 Å². The van der Waals surface area contributed by atoms with Gasteiger partial charge in [0.1, 0.15) is 0 Å². The molecule has 1 N–H and O–H groups in total. The summed E-state index contributed by atoms with van der Waals surface area (Å²) in [5, 5.41) is 0. The van der Waals surface area contributed by atoms with Gasteiger partial charge in [0.05, 0.1) is 18.1 Å². The summed E-state index contributed by atoms with van der Waals surface area (Å²) in [6.07, 6.45) is 1.61. The molecule has 0 bridgehead atoms. The maximum absolute atomic E-state index is 12.6. The van der Waals surface area contributed by atoms with Crippen molar-refractivity contribution < 1.29 is 17.9 Å². The molecule has 24 heavy (non-hydrogen) atoms. The highest BCUT2D eigenvalue weighted by atomic mass is 32.2. The lowest BCUT2D eigenvalue weighted by Crippen LogP contribution is -2.26. The quantitative estimate of drug-likeness (QED) is 0.925. The van der Waals surface area contributed by atoms with E-state index in [-0.39, 0.29) is 16.9 Å². The lowest BCUT2D eigenvalue weighted by molar-refractivity contribution is 0.297. The Kier molecular flexibility index (Phi) is 3.94. The van der Waals surface area contributed by atoms with Gasteiger partial charge in [0, 0.05) is 24.4 Å². The number of rotatable bonds is 4. The molecule has 1 saturated carbocycles. The lowest BCUT2D eigenvalue weighted by Gasteiger charge is -2.11. The third-order valence-electron chi connectivity index (χ3n) is 4.35. The van der Waals surface area contributed by atoms with Crippen LogP contribution in [0.4, 0.5) is 0 Å². The zero-order chi connectivity index (χ0) is 16.6. The van der Waals surface area contributed by atoms with Crippen molar-refractivity contribution in [3.8, 4) is 11.5 Å². The fourth-order valence-corrected chi connectivity index (χ4v) is 4.28. The Morgan fingerprint density at radius 3 is 2.50 bits per heavy atom. The minimum atomic E-state index is -3.57. The van der Waals surface area contributed by atoms with Crippen LogP contribution in [-0.2, 0) is 10.0 Å². The van der Waals surface area contributed by atoms with Crippen molar-refractivity contribution in [2.75, 3.05) is 13.2 Å². The molecular weight excluding hydrogens is 326 g/mol. The van der Waals surface area contributed by atoms with Gasteiger partial charge in [-0.1, -0.05) is 30.3 Å². The van der Waals surface area contributed by atoms with E-state index in [4.69, 9.17) is 9.47 Å². The van der Waals surface area contributed by atoms with Gasteiger partial charge in [-0.05, 0) is 24.1 Å². The Balaban J connectivity index is 1.51. The highest BCUT2D eigenvalue weighted by Gasteiger charge is 2.41. The van der Waals surface area contributed by atoms with Crippen molar-refractivity contribution >= 4 is 10.0 Å². The first-order valence-electron chi connectivity index (χ1n) is 8.10. The van der Waals surface area contributed by atoms with E-state index in [1.165, 1.54) is 5.56 Å². The molecule has 2 aliphatic rings. The maximum Gasteiger partial charge on any atom is 0.240 e. The smallest absolute Gasteiger partial charge is 0.240 e. The molecule has 2 aromatic carbocycles. The summed E-state index contributed by atoms with van der Waals surface area (Å²) in [7, 11) is -3.57. The average molecular weight is 345 g/mol. The fourth-order valence-electron chi connectivity index (χ4n) is 2.97. The number of sulfonamides is 1. The van der Waals surface area contributed by atoms with Crippen LogP contribution < -0.4 is 14.2 Å². The van der Waals surface area contributed by atoms with Crippen LogP contribution in [0.2, 0.25) is 0 Å². The maximum atomic E-state index is 12.6. The molecule has 0 saturated heterocycles. The molecule has 2 aromatic rings. The van der Waals surface area contributed by atoms with E-state index in [9.17, 15) is 8.42 Å². The zero-order valence-corrected chi connectivity index (χ0v) is 14.0. The Morgan fingerprint density at radius 1 is 0.958 bits per heavy atom. The van der Waals surface area contributed by atoms with Crippen LogP contribution in [-0.4, -0.2) is 27.7 Å². The van der Waals surface area contributed by atoms with Crippen molar-refractivity contribution in [1.29, 1.82) is 0 Å². The van der Waals surface area contributed by atoms with Gasteiger partial charge < -0.3 is 9.47 Å². The van der Waals surface area contributed by atoms with Crippen molar-refractivity contribution in [1.82, 2.24) is 4.72 Å². The highest BCUT2D eigenvalue weighted by molar-refractivity contribution is 7.89. The van der Waals surface area contributed by atoms with E-state index in [1.807, 2.05) is 30.3 Å². The summed E-state index contributed by atoms with van der Waals surface area (Å²) in [5.74, 6) is 1.34. The molecule has 0 unspecified atom stereocenters. The molecule has 1 fully saturated rings. The Bertz CT molecular complexity index is 835. The first kappa shape index (κ1) is 15.5. The van der Waals surface area contributed by atoms with E-state index < -0.39 is 10.0 Å². The fraction of sp³-hybridized carbons (Fsp3) is 0.333. The van der Waals surface area contributed by atoms with Gasteiger partial charge in [-0.2, -0.15) is 0 Å². The summed E-state index contributed by atoms with van der Waals surface area (Å²) in [6, 6.07) is 14.7. The Morgan fingerprint density at radius 2 is 1.71 bits per heavy atom. The standard InChI is InChI=1S/C18H19NO4S/c20-24(21,19-16-12-15(16)13-5-2-1-3-6-13)14-7-8-17-18(11-14)23-10-4-9-22-17/h1-3,5-8,11,15-16,19H,4,9-10,12H2/t15-,16+/m0/s1. The van der Waals surface area contributed by atoms with Crippen molar-refractivity contribution in [2.45, 2.75) is 29.7 Å². The zero-order valence-electron chi connectivity index (χ0n) is 13.1. The van der Waals surface area contributed by atoms with Crippen LogP contribution in [0.3, 0.4) is 0 Å². The first-order valence-corrected chi connectivity index (χ1v) is 9.59. The molecule has 0 aromatic heterocycles. The molecule has 5 nitrogen and oxygen atoms in total. The topological polar surface area (TPSA) is 64.6 Å². The predicted octanol–water partition coefficient (Wildman–Crippen LogP) is 2.68. The molecule has 126 valence electrons. The van der Waals surface area contributed by atoms with Crippen LogP contribution in [0.5, 0.6) is 11.5 Å². The van der Waals surface area contributed by atoms with Gasteiger partial charge >= 0.3 is 0 Å². The molecular formula is C18H19NO4S. The minimum absolute atomic E-state index is 0.0478. The van der Waals surface area contributed by atoms with Crippen LogP contribution in [0.15, 0.2) is 53.4 Å². The van der Waals surface area contributed by atoms with Gasteiger partial charge in [0.2, 0.25) is 10.0 Å². The summed E-state index contributed by atoms with van der Waals surface area (Å²) in [5.41, 5.74) is 1.17. The summed E-state index contributed by atoms with van der Waals surface area (Å²) in [6.45, 7) is 1.11. The van der Waals surface area contributed by atoms with Crippen molar-refractivity contribution in [3.05, 3.63) is 54.1 Å².